The summed E-state index contributed by atoms with van der Waals surface area (Å²) in [6.07, 6.45) is 0.843. The highest BCUT2D eigenvalue weighted by atomic mass is 15.1. The lowest BCUT2D eigenvalue weighted by atomic mass is 10.1. The van der Waals surface area contributed by atoms with Crippen molar-refractivity contribution in [2.24, 2.45) is 12.8 Å². The Kier molecular flexibility index (Phi) is 3.05. The molecule has 0 saturated carbocycles. The standard InChI is InChI=1S/C16H17N3/c1-19-15-5-3-2-4-14(15)18-16(19)10-12-6-8-13(11-17)9-7-12/h2-9H,10-11,17H2,1H3. The van der Waals surface area contributed by atoms with E-state index in [1.54, 1.807) is 0 Å². The van der Waals surface area contributed by atoms with Crippen molar-refractivity contribution in [3.8, 4) is 0 Å². The van der Waals surface area contributed by atoms with Crippen molar-refractivity contribution >= 4 is 11.0 Å². The summed E-state index contributed by atoms with van der Waals surface area (Å²) in [6, 6.07) is 16.6. The molecule has 0 saturated heterocycles. The van der Waals surface area contributed by atoms with Gasteiger partial charge in [-0.2, -0.15) is 0 Å². The van der Waals surface area contributed by atoms with Gasteiger partial charge in [-0.15, -0.1) is 0 Å². The molecule has 1 heterocycles. The third-order valence-electron chi connectivity index (χ3n) is 3.50. The summed E-state index contributed by atoms with van der Waals surface area (Å²) in [5.74, 6) is 1.08. The van der Waals surface area contributed by atoms with Crippen molar-refractivity contribution in [2.75, 3.05) is 0 Å². The van der Waals surface area contributed by atoms with Crippen molar-refractivity contribution in [1.29, 1.82) is 0 Å². The maximum absolute atomic E-state index is 5.61. The van der Waals surface area contributed by atoms with Crippen LogP contribution in [0.2, 0.25) is 0 Å². The van der Waals surface area contributed by atoms with Crippen LogP contribution in [0.15, 0.2) is 48.5 Å². The Morgan fingerprint density at radius 1 is 1.00 bits per heavy atom. The second kappa shape index (κ2) is 4.86. The molecule has 0 bridgehead atoms. The van der Waals surface area contributed by atoms with Gasteiger partial charge in [0, 0.05) is 20.0 Å². The van der Waals surface area contributed by atoms with Gasteiger partial charge >= 0.3 is 0 Å². The zero-order valence-corrected chi connectivity index (χ0v) is 11.0. The quantitative estimate of drug-likeness (QED) is 0.777. The highest BCUT2D eigenvalue weighted by Crippen LogP contribution is 2.17. The second-order valence-electron chi connectivity index (χ2n) is 4.77. The van der Waals surface area contributed by atoms with Crippen molar-refractivity contribution in [2.45, 2.75) is 13.0 Å². The Morgan fingerprint density at radius 3 is 2.37 bits per heavy atom. The zero-order valence-electron chi connectivity index (χ0n) is 11.0. The zero-order chi connectivity index (χ0) is 13.2. The normalized spacial score (nSPS) is 11.1. The number of aromatic nitrogens is 2. The van der Waals surface area contributed by atoms with Gasteiger partial charge in [0.2, 0.25) is 0 Å². The number of fused-ring (bicyclic) bond motifs is 1. The van der Waals surface area contributed by atoms with Crippen LogP contribution in [-0.2, 0) is 20.0 Å². The molecule has 0 atom stereocenters. The van der Waals surface area contributed by atoms with Gasteiger partial charge in [-0.25, -0.2) is 4.98 Å². The van der Waals surface area contributed by atoms with Gasteiger partial charge in [0.05, 0.1) is 11.0 Å². The van der Waals surface area contributed by atoms with E-state index in [1.165, 1.54) is 11.1 Å². The number of benzene rings is 2. The first kappa shape index (κ1) is 11.9. The lowest BCUT2D eigenvalue weighted by Crippen LogP contribution is -2.00. The van der Waals surface area contributed by atoms with Gasteiger partial charge < -0.3 is 10.3 Å². The van der Waals surface area contributed by atoms with Crippen LogP contribution in [0.3, 0.4) is 0 Å². The van der Waals surface area contributed by atoms with Gasteiger partial charge in [0.1, 0.15) is 5.82 Å². The number of imidazole rings is 1. The Balaban J connectivity index is 1.94. The van der Waals surface area contributed by atoms with Gasteiger partial charge in [-0.3, -0.25) is 0 Å². The molecule has 0 aliphatic rings. The van der Waals surface area contributed by atoms with E-state index in [0.29, 0.717) is 6.54 Å². The van der Waals surface area contributed by atoms with Crippen LogP contribution >= 0.6 is 0 Å². The van der Waals surface area contributed by atoms with Gasteiger partial charge in [-0.05, 0) is 23.3 Å². The number of aryl methyl sites for hydroxylation is 1. The Morgan fingerprint density at radius 2 is 1.68 bits per heavy atom. The van der Waals surface area contributed by atoms with Crippen molar-refractivity contribution in [3.05, 3.63) is 65.5 Å². The second-order valence-corrected chi connectivity index (χ2v) is 4.77. The van der Waals surface area contributed by atoms with E-state index in [-0.39, 0.29) is 0 Å². The van der Waals surface area contributed by atoms with Crippen LogP contribution in [0.1, 0.15) is 17.0 Å². The van der Waals surface area contributed by atoms with E-state index in [4.69, 9.17) is 5.73 Å². The van der Waals surface area contributed by atoms with Gasteiger partial charge in [0.25, 0.3) is 0 Å². The van der Waals surface area contributed by atoms with E-state index >= 15 is 0 Å². The van der Waals surface area contributed by atoms with Crippen LogP contribution in [0.5, 0.6) is 0 Å². The average Bonchev–Trinajstić information content (AvgIpc) is 2.77. The lowest BCUT2D eigenvalue weighted by Gasteiger charge is -2.04. The molecular formula is C16H17N3. The molecule has 0 fully saturated rings. The predicted octanol–water partition coefficient (Wildman–Crippen LogP) is 2.62. The van der Waals surface area contributed by atoms with Crippen LogP contribution in [0.25, 0.3) is 11.0 Å². The monoisotopic (exact) mass is 251 g/mol. The minimum atomic E-state index is 0.590. The Labute approximate surface area is 112 Å². The molecule has 0 aliphatic heterocycles. The van der Waals surface area contributed by atoms with Crippen LogP contribution in [0, 0.1) is 0 Å². The Bertz CT molecular complexity index is 696. The SMILES string of the molecule is Cn1c(Cc2ccc(CN)cc2)nc2ccccc21. The fourth-order valence-electron chi connectivity index (χ4n) is 2.33. The first-order chi connectivity index (χ1) is 9.28. The first-order valence-corrected chi connectivity index (χ1v) is 6.46. The number of rotatable bonds is 3. The van der Waals surface area contributed by atoms with Crippen molar-refractivity contribution < 1.29 is 0 Å². The van der Waals surface area contributed by atoms with Crippen LogP contribution < -0.4 is 5.73 Å². The number of nitrogens with two attached hydrogens (primary N) is 1. The number of hydrogen-bond acceptors (Lipinski definition) is 2. The largest absolute Gasteiger partial charge is 0.331 e. The molecule has 2 N–H and O–H groups in total. The van der Waals surface area contributed by atoms with E-state index in [0.717, 1.165) is 23.3 Å². The molecule has 96 valence electrons. The summed E-state index contributed by atoms with van der Waals surface area (Å²) in [5.41, 5.74) is 10.3. The highest BCUT2D eigenvalue weighted by molar-refractivity contribution is 5.75. The molecular weight excluding hydrogens is 234 g/mol. The molecule has 3 heteroatoms. The fourth-order valence-corrected chi connectivity index (χ4v) is 2.33. The molecule has 0 radical (unpaired) electrons. The Hall–Kier alpha value is -2.13. The fraction of sp³-hybridized carbons (Fsp3) is 0.188. The summed E-state index contributed by atoms with van der Waals surface area (Å²) in [7, 11) is 2.07. The van der Waals surface area contributed by atoms with Gasteiger partial charge in [0.15, 0.2) is 0 Å². The number of para-hydroxylation sites is 2. The van der Waals surface area contributed by atoms with E-state index in [2.05, 4.69) is 53.0 Å². The topological polar surface area (TPSA) is 43.8 Å². The van der Waals surface area contributed by atoms with E-state index < -0.39 is 0 Å². The summed E-state index contributed by atoms with van der Waals surface area (Å²) in [4.78, 5) is 4.69. The third-order valence-corrected chi connectivity index (χ3v) is 3.50. The molecule has 3 nitrogen and oxygen atoms in total. The molecule has 0 aliphatic carbocycles. The average molecular weight is 251 g/mol. The lowest BCUT2D eigenvalue weighted by molar-refractivity contribution is 0.844. The van der Waals surface area contributed by atoms with Crippen molar-refractivity contribution in [3.63, 3.8) is 0 Å². The van der Waals surface area contributed by atoms with Crippen LogP contribution in [0.4, 0.5) is 0 Å². The summed E-state index contributed by atoms with van der Waals surface area (Å²) in [6.45, 7) is 0.590. The van der Waals surface area contributed by atoms with Gasteiger partial charge in [-0.1, -0.05) is 36.4 Å². The molecule has 0 spiro atoms. The number of hydrogen-bond donors (Lipinski definition) is 1. The minimum Gasteiger partial charge on any atom is -0.331 e. The number of nitrogens with zero attached hydrogens (tertiary/aromatic N) is 2. The first-order valence-electron chi connectivity index (χ1n) is 6.46. The van der Waals surface area contributed by atoms with Crippen LogP contribution in [-0.4, -0.2) is 9.55 Å². The highest BCUT2D eigenvalue weighted by Gasteiger charge is 2.07. The molecule has 19 heavy (non-hydrogen) atoms. The van der Waals surface area contributed by atoms with Crippen molar-refractivity contribution in [1.82, 2.24) is 9.55 Å². The molecule has 3 aromatic rings. The third kappa shape index (κ3) is 2.25. The van der Waals surface area contributed by atoms with E-state index in [1.807, 2.05) is 12.1 Å². The minimum absolute atomic E-state index is 0.590. The smallest absolute Gasteiger partial charge is 0.114 e. The summed E-state index contributed by atoms with van der Waals surface area (Å²) < 4.78 is 2.16. The predicted molar refractivity (Wildman–Crippen MR) is 77.9 cm³/mol. The molecule has 1 aromatic heterocycles. The maximum atomic E-state index is 5.61. The summed E-state index contributed by atoms with van der Waals surface area (Å²) in [5, 5.41) is 0. The molecule has 0 amide bonds. The maximum Gasteiger partial charge on any atom is 0.114 e. The van der Waals surface area contributed by atoms with E-state index in [9.17, 15) is 0 Å². The molecule has 3 rings (SSSR count). The summed E-state index contributed by atoms with van der Waals surface area (Å²) >= 11 is 0. The molecule has 2 aromatic carbocycles. The molecule has 0 unspecified atom stereocenters.